The van der Waals surface area contributed by atoms with Gasteiger partial charge < -0.3 is 15.3 Å². The third-order valence-electron chi connectivity index (χ3n) is 5.75. The number of hydrogen-bond acceptors (Lipinski definition) is 4. The standard InChI is InChI=1S/C19H33N3O4/c1-21(14-19(25)26)16-7-4-11-22(12-10-16)18(24)13-20-17(23)9-8-15-5-2-3-6-15/h15-16H,2-14H2,1H3,(H,20,23)(H,25,26). The molecule has 0 aromatic carbocycles. The SMILES string of the molecule is CN(CC(=O)O)C1CCCN(C(=O)CNC(=O)CCC2CCCC2)CC1. The van der Waals surface area contributed by atoms with E-state index in [9.17, 15) is 14.4 Å². The fourth-order valence-corrected chi connectivity index (χ4v) is 4.12. The van der Waals surface area contributed by atoms with Crippen LogP contribution in [0.1, 0.15) is 57.8 Å². The van der Waals surface area contributed by atoms with E-state index in [4.69, 9.17) is 5.11 Å². The predicted octanol–water partition coefficient (Wildman–Crippen LogP) is 1.47. The van der Waals surface area contributed by atoms with Gasteiger partial charge in [-0.05, 0) is 38.6 Å². The zero-order valence-corrected chi connectivity index (χ0v) is 15.9. The van der Waals surface area contributed by atoms with Gasteiger partial charge in [-0.25, -0.2) is 0 Å². The monoisotopic (exact) mass is 367 g/mol. The minimum atomic E-state index is -0.829. The van der Waals surface area contributed by atoms with Crippen LogP contribution in [0.3, 0.4) is 0 Å². The molecule has 2 amide bonds. The molecule has 148 valence electrons. The quantitative estimate of drug-likeness (QED) is 0.678. The van der Waals surface area contributed by atoms with Gasteiger partial charge in [0.15, 0.2) is 0 Å². The third-order valence-corrected chi connectivity index (χ3v) is 5.75. The summed E-state index contributed by atoms with van der Waals surface area (Å²) >= 11 is 0. The van der Waals surface area contributed by atoms with Crippen molar-refractivity contribution in [2.45, 2.75) is 63.8 Å². The van der Waals surface area contributed by atoms with Gasteiger partial charge in [0.2, 0.25) is 11.8 Å². The van der Waals surface area contributed by atoms with Crippen molar-refractivity contribution in [2.24, 2.45) is 5.92 Å². The van der Waals surface area contributed by atoms with E-state index < -0.39 is 5.97 Å². The molecule has 1 unspecified atom stereocenters. The van der Waals surface area contributed by atoms with E-state index in [0.717, 1.165) is 25.7 Å². The molecule has 0 spiro atoms. The Morgan fingerprint density at radius 1 is 1.08 bits per heavy atom. The average Bonchev–Trinajstić information content (AvgIpc) is 2.99. The highest BCUT2D eigenvalue weighted by molar-refractivity contribution is 5.84. The first-order valence-corrected chi connectivity index (χ1v) is 9.92. The molecule has 7 heteroatoms. The number of hydrogen-bond donors (Lipinski definition) is 2. The van der Waals surface area contributed by atoms with Gasteiger partial charge in [0.1, 0.15) is 0 Å². The number of carbonyl (C=O) groups is 3. The number of nitrogens with zero attached hydrogens (tertiary/aromatic N) is 2. The smallest absolute Gasteiger partial charge is 0.317 e. The Kier molecular flexibility index (Phi) is 8.35. The molecule has 2 N–H and O–H groups in total. The Morgan fingerprint density at radius 3 is 2.50 bits per heavy atom. The fourth-order valence-electron chi connectivity index (χ4n) is 4.12. The Balaban J connectivity index is 1.67. The molecule has 7 nitrogen and oxygen atoms in total. The number of carbonyl (C=O) groups excluding carboxylic acids is 2. The number of aliphatic carboxylic acids is 1. The van der Waals surface area contributed by atoms with Crippen molar-refractivity contribution in [1.82, 2.24) is 15.1 Å². The van der Waals surface area contributed by atoms with Crippen LogP contribution in [0.4, 0.5) is 0 Å². The zero-order valence-electron chi connectivity index (χ0n) is 15.9. The lowest BCUT2D eigenvalue weighted by Gasteiger charge is -2.25. The van der Waals surface area contributed by atoms with E-state index >= 15 is 0 Å². The van der Waals surface area contributed by atoms with Crippen LogP contribution in [0, 0.1) is 5.92 Å². The van der Waals surface area contributed by atoms with E-state index in [1.54, 1.807) is 4.90 Å². The Morgan fingerprint density at radius 2 is 1.81 bits per heavy atom. The van der Waals surface area contributed by atoms with Crippen molar-refractivity contribution in [1.29, 1.82) is 0 Å². The van der Waals surface area contributed by atoms with Crippen LogP contribution < -0.4 is 5.32 Å². The Bertz CT molecular complexity index is 491. The molecule has 1 saturated heterocycles. The normalized spacial score (nSPS) is 21.6. The van der Waals surface area contributed by atoms with Gasteiger partial charge in [0.05, 0.1) is 13.1 Å². The molecule has 1 aliphatic carbocycles. The lowest BCUT2D eigenvalue weighted by Crippen LogP contribution is -2.41. The van der Waals surface area contributed by atoms with Crippen LogP contribution in [0.2, 0.25) is 0 Å². The van der Waals surface area contributed by atoms with Gasteiger partial charge in [-0.2, -0.15) is 0 Å². The van der Waals surface area contributed by atoms with Crippen LogP contribution in [0.5, 0.6) is 0 Å². The second-order valence-electron chi connectivity index (χ2n) is 7.74. The molecule has 1 heterocycles. The highest BCUT2D eigenvalue weighted by Gasteiger charge is 2.24. The van der Waals surface area contributed by atoms with E-state index in [-0.39, 0.29) is 30.9 Å². The minimum Gasteiger partial charge on any atom is -0.480 e. The first-order chi connectivity index (χ1) is 12.5. The maximum absolute atomic E-state index is 12.4. The molecule has 1 saturated carbocycles. The van der Waals surface area contributed by atoms with Gasteiger partial charge in [-0.3, -0.25) is 19.3 Å². The summed E-state index contributed by atoms with van der Waals surface area (Å²) in [5, 5.41) is 11.7. The lowest BCUT2D eigenvalue weighted by atomic mass is 10.0. The zero-order chi connectivity index (χ0) is 18.9. The molecule has 26 heavy (non-hydrogen) atoms. The van der Waals surface area contributed by atoms with Gasteiger partial charge in [-0.15, -0.1) is 0 Å². The summed E-state index contributed by atoms with van der Waals surface area (Å²) in [4.78, 5) is 38.8. The largest absolute Gasteiger partial charge is 0.480 e. The minimum absolute atomic E-state index is 0.0235. The summed E-state index contributed by atoms with van der Waals surface area (Å²) < 4.78 is 0. The van der Waals surface area contributed by atoms with Crippen molar-refractivity contribution in [2.75, 3.05) is 33.2 Å². The van der Waals surface area contributed by atoms with Crippen LogP contribution >= 0.6 is 0 Å². The second-order valence-corrected chi connectivity index (χ2v) is 7.74. The fraction of sp³-hybridized carbons (Fsp3) is 0.842. The van der Waals surface area contributed by atoms with Crippen LogP contribution in [0.15, 0.2) is 0 Å². The summed E-state index contributed by atoms with van der Waals surface area (Å²) in [6.45, 7) is 1.38. The van der Waals surface area contributed by atoms with Crippen LogP contribution in [-0.2, 0) is 14.4 Å². The van der Waals surface area contributed by atoms with E-state index in [1.807, 2.05) is 11.9 Å². The lowest BCUT2D eigenvalue weighted by molar-refractivity contribution is -0.138. The highest BCUT2D eigenvalue weighted by atomic mass is 16.4. The topological polar surface area (TPSA) is 90.0 Å². The van der Waals surface area contributed by atoms with Gasteiger partial charge in [0.25, 0.3) is 0 Å². The van der Waals surface area contributed by atoms with Gasteiger partial charge >= 0.3 is 5.97 Å². The maximum Gasteiger partial charge on any atom is 0.317 e. The van der Waals surface area contributed by atoms with Crippen molar-refractivity contribution in [3.05, 3.63) is 0 Å². The number of likely N-dealkylation sites (N-methyl/N-ethyl adjacent to an activating group) is 1. The number of rotatable bonds is 8. The molecule has 1 aliphatic heterocycles. The highest BCUT2D eigenvalue weighted by Crippen LogP contribution is 2.28. The average molecular weight is 367 g/mol. The van der Waals surface area contributed by atoms with Gasteiger partial charge in [0, 0.05) is 25.6 Å². The molecule has 2 fully saturated rings. The summed E-state index contributed by atoms with van der Waals surface area (Å²) in [7, 11) is 1.82. The van der Waals surface area contributed by atoms with Gasteiger partial charge in [-0.1, -0.05) is 25.7 Å². The second kappa shape index (κ2) is 10.5. The summed E-state index contributed by atoms with van der Waals surface area (Å²) in [5.74, 6) is -0.216. The first kappa shape index (κ1) is 20.7. The molecule has 2 rings (SSSR count). The Labute approximate surface area is 156 Å². The molecule has 0 radical (unpaired) electrons. The summed E-state index contributed by atoms with van der Waals surface area (Å²) in [6, 6.07) is 0.185. The van der Waals surface area contributed by atoms with E-state index in [2.05, 4.69) is 5.32 Å². The number of likely N-dealkylation sites (tertiary alicyclic amines) is 1. The van der Waals surface area contributed by atoms with Crippen LogP contribution in [0.25, 0.3) is 0 Å². The van der Waals surface area contributed by atoms with Crippen molar-refractivity contribution < 1.29 is 19.5 Å². The van der Waals surface area contributed by atoms with Crippen molar-refractivity contribution in [3.63, 3.8) is 0 Å². The first-order valence-electron chi connectivity index (χ1n) is 9.92. The Hall–Kier alpha value is -1.63. The molecular weight excluding hydrogens is 334 g/mol. The van der Waals surface area contributed by atoms with E-state index in [0.29, 0.717) is 25.4 Å². The maximum atomic E-state index is 12.4. The number of amides is 2. The molecule has 0 bridgehead atoms. The molecule has 1 atom stereocenters. The van der Waals surface area contributed by atoms with Crippen LogP contribution in [-0.4, -0.2) is 72.0 Å². The van der Waals surface area contributed by atoms with Crippen molar-refractivity contribution >= 4 is 17.8 Å². The third kappa shape index (κ3) is 6.94. The number of nitrogens with one attached hydrogen (secondary N) is 1. The molecule has 2 aliphatic rings. The predicted molar refractivity (Wildman–Crippen MR) is 98.7 cm³/mol. The summed E-state index contributed by atoms with van der Waals surface area (Å²) in [6.07, 6.45) is 8.99. The number of carboxylic acids is 1. The molecular formula is C19H33N3O4. The van der Waals surface area contributed by atoms with Crippen molar-refractivity contribution in [3.8, 4) is 0 Å². The molecule has 0 aromatic rings. The van der Waals surface area contributed by atoms with E-state index in [1.165, 1.54) is 25.7 Å². The number of carboxylic acid groups (broad SMARTS) is 1. The summed E-state index contributed by atoms with van der Waals surface area (Å²) in [5.41, 5.74) is 0. The molecule has 0 aromatic heterocycles.